The van der Waals surface area contributed by atoms with E-state index < -0.39 is 0 Å². The molecule has 84 valence electrons. The molecule has 3 heteroatoms. The monoisotopic (exact) mass is 227 g/mol. The molecule has 0 spiro atoms. The molecule has 1 rings (SSSR count). The first kappa shape index (κ1) is 12.5. The number of benzene rings is 1. The van der Waals surface area contributed by atoms with Gasteiger partial charge >= 0.3 is 0 Å². The molecule has 15 heavy (non-hydrogen) atoms. The first-order valence-corrected chi connectivity index (χ1v) is 5.73. The third-order valence-corrected chi connectivity index (χ3v) is 2.49. The average molecular weight is 228 g/mol. The van der Waals surface area contributed by atoms with Crippen LogP contribution in [0.1, 0.15) is 17.5 Å². The molecule has 0 aliphatic rings. The Morgan fingerprint density at radius 2 is 2.13 bits per heavy atom. The van der Waals surface area contributed by atoms with Gasteiger partial charge in [-0.3, -0.25) is 0 Å². The minimum Gasteiger partial charge on any atom is -0.385 e. The zero-order valence-corrected chi connectivity index (χ0v) is 9.89. The van der Waals surface area contributed by atoms with Crippen LogP contribution in [0.25, 0.3) is 0 Å². The topological polar surface area (TPSA) is 21.3 Å². The Morgan fingerprint density at radius 1 is 1.33 bits per heavy atom. The summed E-state index contributed by atoms with van der Waals surface area (Å²) in [7, 11) is 1.73. The summed E-state index contributed by atoms with van der Waals surface area (Å²) in [4.78, 5) is 0. The highest BCUT2D eigenvalue weighted by Gasteiger charge is 1.94. The molecule has 0 heterocycles. The summed E-state index contributed by atoms with van der Waals surface area (Å²) in [6.45, 7) is 2.70. The second-order valence-electron chi connectivity index (χ2n) is 3.48. The predicted molar refractivity (Wildman–Crippen MR) is 64.2 cm³/mol. The smallest absolute Gasteiger partial charge is 0.0474 e. The van der Waals surface area contributed by atoms with Crippen molar-refractivity contribution in [2.75, 3.05) is 20.3 Å². The molecule has 1 aromatic carbocycles. The SMILES string of the molecule is COCCCNCc1cccc(CCl)c1. The van der Waals surface area contributed by atoms with E-state index in [-0.39, 0.29) is 0 Å². The lowest BCUT2D eigenvalue weighted by Gasteiger charge is -2.05. The van der Waals surface area contributed by atoms with Crippen LogP contribution in [-0.2, 0) is 17.2 Å². The van der Waals surface area contributed by atoms with Gasteiger partial charge in [-0.15, -0.1) is 11.6 Å². The summed E-state index contributed by atoms with van der Waals surface area (Å²) in [5.74, 6) is 0.581. The van der Waals surface area contributed by atoms with Gasteiger partial charge in [0.2, 0.25) is 0 Å². The molecule has 0 saturated carbocycles. The van der Waals surface area contributed by atoms with E-state index >= 15 is 0 Å². The van der Waals surface area contributed by atoms with E-state index in [1.54, 1.807) is 7.11 Å². The van der Waals surface area contributed by atoms with Crippen LogP contribution in [0.4, 0.5) is 0 Å². The van der Waals surface area contributed by atoms with Gasteiger partial charge in [-0.25, -0.2) is 0 Å². The van der Waals surface area contributed by atoms with E-state index in [0.29, 0.717) is 5.88 Å². The molecule has 0 fully saturated rings. The highest BCUT2D eigenvalue weighted by Crippen LogP contribution is 2.07. The molecule has 0 unspecified atom stereocenters. The van der Waals surface area contributed by atoms with Crippen LogP contribution in [0.15, 0.2) is 24.3 Å². The first-order chi connectivity index (χ1) is 7.36. The molecule has 0 aliphatic carbocycles. The van der Waals surface area contributed by atoms with Gasteiger partial charge in [0.25, 0.3) is 0 Å². The maximum Gasteiger partial charge on any atom is 0.0474 e. The van der Waals surface area contributed by atoms with Crippen molar-refractivity contribution in [3.8, 4) is 0 Å². The molecular formula is C12H18ClNO. The van der Waals surface area contributed by atoms with E-state index in [0.717, 1.165) is 26.1 Å². The largest absolute Gasteiger partial charge is 0.385 e. The van der Waals surface area contributed by atoms with Crippen molar-refractivity contribution in [3.05, 3.63) is 35.4 Å². The fourth-order valence-electron chi connectivity index (χ4n) is 1.40. The lowest BCUT2D eigenvalue weighted by Crippen LogP contribution is -2.16. The Hall–Kier alpha value is -0.570. The van der Waals surface area contributed by atoms with Crippen LogP contribution >= 0.6 is 11.6 Å². The Morgan fingerprint density at radius 3 is 2.87 bits per heavy atom. The molecular weight excluding hydrogens is 210 g/mol. The lowest BCUT2D eigenvalue weighted by atomic mass is 10.1. The highest BCUT2D eigenvalue weighted by molar-refractivity contribution is 6.17. The fraction of sp³-hybridized carbons (Fsp3) is 0.500. The number of rotatable bonds is 7. The van der Waals surface area contributed by atoms with Crippen LogP contribution in [0.2, 0.25) is 0 Å². The number of hydrogen-bond acceptors (Lipinski definition) is 2. The van der Waals surface area contributed by atoms with Crippen molar-refractivity contribution in [3.63, 3.8) is 0 Å². The van der Waals surface area contributed by atoms with Crippen LogP contribution in [-0.4, -0.2) is 20.3 Å². The standard InChI is InChI=1S/C12H18ClNO/c1-15-7-3-6-14-10-12-5-2-4-11(8-12)9-13/h2,4-5,8,14H,3,6-7,9-10H2,1H3. The van der Waals surface area contributed by atoms with E-state index in [2.05, 4.69) is 17.4 Å². The molecule has 0 aromatic heterocycles. The number of halogens is 1. The third kappa shape index (κ3) is 5.17. The summed E-state index contributed by atoms with van der Waals surface area (Å²) in [5, 5.41) is 3.36. The Balaban J connectivity index is 2.24. The summed E-state index contributed by atoms with van der Waals surface area (Å²) < 4.78 is 4.97. The number of nitrogens with one attached hydrogen (secondary N) is 1. The summed E-state index contributed by atoms with van der Waals surface area (Å²) in [5.41, 5.74) is 2.46. The second-order valence-corrected chi connectivity index (χ2v) is 3.74. The Bertz CT molecular complexity index is 278. The van der Waals surface area contributed by atoms with Gasteiger partial charge in [0.15, 0.2) is 0 Å². The number of methoxy groups -OCH3 is 1. The van der Waals surface area contributed by atoms with Crippen molar-refractivity contribution in [2.24, 2.45) is 0 Å². The maximum absolute atomic E-state index is 5.76. The predicted octanol–water partition coefficient (Wildman–Crippen LogP) is 2.55. The molecule has 0 radical (unpaired) electrons. The zero-order valence-electron chi connectivity index (χ0n) is 9.13. The van der Waals surface area contributed by atoms with Crippen molar-refractivity contribution in [2.45, 2.75) is 18.8 Å². The van der Waals surface area contributed by atoms with Crippen molar-refractivity contribution < 1.29 is 4.74 Å². The van der Waals surface area contributed by atoms with Gasteiger partial charge in [0, 0.05) is 26.1 Å². The zero-order chi connectivity index (χ0) is 10.9. The van der Waals surface area contributed by atoms with Gasteiger partial charge in [-0.2, -0.15) is 0 Å². The van der Waals surface area contributed by atoms with E-state index in [4.69, 9.17) is 16.3 Å². The lowest BCUT2D eigenvalue weighted by molar-refractivity contribution is 0.194. The summed E-state index contributed by atoms with van der Waals surface area (Å²) >= 11 is 5.76. The van der Waals surface area contributed by atoms with E-state index in [9.17, 15) is 0 Å². The van der Waals surface area contributed by atoms with Gasteiger partial charge < -0.3 is 10.1 Å². The molecule has 0 amide bonds. The number of alkyl halides is 1. The molecule has 0 saturated heterocycles. The summed E-state index contributed by atoms with van der Waals surface area (Å²) in [6, 6.07) is 8.33. The minimum absolute atomic E-state index is 0.581. The van der Waals surface area contributed by atoms with E-state index in [1.165, 1.54) is 11.1 Å². The molecule has 0 aliphatic heterocycles. The number of ether oxygens (including phenoxy) is 1. The average Bonchev–Trinajstić information content (AvgIpc) is 2.29. The number of hydrogen-bond donors (Lipinski definition) is 1. The van der Waals surface area contributed by atoms with Gasteiger partial charge in [0.05, 0.1) is 0 Å². The molecule has 0 bridgehead atoms. The highest BCUT2D eigenvalue weighted by atomic mass is 35.5. The third-order valence-electron chi connectivity index (χ3n) is 2.18. The molecule has 2 nitrogen and oxygen atoms in total. The van der Waals surface area contributed by atoms with Crippen LogP contribution < -0.4 is 5.32 Å². The molecule has 1 N–H and O–H groups in total. The van der Waals surface area contributed by atoms with Gasteiger partial charge in [-0.1, -0.05) is 24.3 Å². The molecule has 0 atom stereocenters. The van der Waals surface area contributed by atoms with Crippen LogP contribution in [0.5, 0.6) is 0 Å². The van der Waals surface area contributed by atoms with E-state index in [1.807, 2.05) is 12.1 Å². The van der Waals surface area contributed by atoms with Crippen molar-refractivity contribution in [1.82, 2.24) is 5.32 Å². The van der Waals surface area contributed by atoms with Crippen LogP contribution in [0.3, 0.4) is 0 Å². The Labute approximate surface area is 96.6 Å². The normalized spacial score (nSPS) is 10.5. The van der Waals surface area contributed by atoms with Crippen LogP contribution in [0, 0.1) is 0 Å². The maximum atomic E-state index is 5.76. The quantitative estimate of drug-likeness (QED) is 0.571. The fourth-order valence-corrected chi connectivity index (χ4v) is 1.56. The Kier molecular flexibility index (Phi) is 6.41. The first-order valence-electron chi connectivity index (χ1n) is 5.20. The summed E-state index contributed by atoms with van der Waals surface area (Å²) in [6.07, 6.45) is 1.05. The van der Waals surface area contributed by atoms with Gasteiger partial charge in [0.1, 0.15) is 0 Å². The second kappa shape index (κ2) is 7.69. The minimum atomic E-state index is 0.581. The van der Waals surface area contributed by atoms with Gasteiger partial charge in [-0.05, 0) is 24.1 Å². The molecule has 1 aromatic rings. The van der Waals surface area contributed by atoms with Crippen molar-refractivity contribution >= 4 is 11.6 Å². The van der Waals surface area contributed by atoms with Crippen molar-refractivity contribution in [1.29, 1.82) is 0 Å².